The van der Waals surface area contributed by atoms with E-state index in [1.54, 1.807) is 0 Å². The normalized spacial score (nSPS) is 14.5. The summed E-state index contributed by atoms with van der Waals surface area (Å²) in [6.07, 6.45) is 5.11. The van der Waals surface area contributed by atoms with Crippen LogP contribution in [0, 0.1) is 0 Å². The smallest absolute Gasteiger partial charge is 0.220 e. The second kappa shape index (κ2) is 8.08. The Bertz CT molecular complexity index is 539. The van der Waals surface area contributed by atoms with Crippen molar-refractivity contribution >= 4 is 11.7 Å². The van der Waals surface area contributed by atoms with Gasteiger partial charge < -0.3 is 10.4 Å². The molecule has 1 aromatic carbocycles. The average molecular weight is 303 g/mol. The number of carbonyl (C=O) groups is 2. The highest BCUT2D eigenvalue weighted by molar-refractivity contribution is 5.98. The van der Waals surface area contributed by atoms with Gasteiger partial charge in [0.15, 0.2) is 5.78 Å². The molecule has 0 spiro atoms. The first-order valence-electron chi connectivity index (χ1n) is 8.19. The lowest BCUT2D eigenvalue weighted by Gasteiger charge is -2.15. The van der Waals surface area contributed by atoms with Gasteiger partial charge in [-0.1, -0.05) is 19.1 Å². The zero-order valence-corrected chi connectivity index (χ0v) is 13.2. The summed E-state index contributed by atoms with van der Waals surface area (Å²) < 4.78 is 0. The summed E-state index contributed by atoms with van der Waals surface area (Å²) in [4.78, 5) is 24.1. The third-order valence-corrected chi connectivity index (χ3v) is 4.34. The summed E-state index contributed by atoms with van der Waals surface area (Å²) in [5, 5.41) is 11.8. The van der Waals surface area contributed by atoms with E-state index in [1.165, 1.54) is 17.5 Å². The zero-order chi connectivity index (χ0) is 15.9. The standard InChI is InChI=1S/C18H25NO3/c1-2-16(10-11-20)19-18(22)9-8-17(21)15-7-6-13-4-3-5-14(13)12-15/h6-7,12,16,20H,2-5,8-11H2,1H3,(H,19,22). The molecule has 0 radical (unpaired) electrons. The third-order valence-electron chi connectivity index (χ3n) is 4.34. The lowest BCUT2D eigenvalue weighted by Crippen LogP contribution is -2.35. The number of aliphatic hydroxyl groups excluding tert-OH is 1. The van der Waals surface area contributed by atoms with Crippen molar-refractivity contribution in [2.24, 2.45) is 0 Å². The van der Waals surface area contributed by atoms with Gasteiger partial charge in [-0.25, -0.2) is 0 Å². The zero-order valence-electron chi connectivity index (χ0n) is 13.2. The molecule has 1 aliphatic carbocycles. The van der Waals surface area contributed by atoms with E-state index in [-0.39, 0.29) is 37.2 Å². The van der Waals surface area contributed by atoms with Crippen molar-refractivity contribution in [3.05, 3.63) is 34.9 Å². The van der Waals surface area contributed by atoms with Crippen molar-refractivity contribution in [2.45, 2.75) is 57.9 Å². The molecule has 120 valence electrons. The number of nitrogens with one attached hydrogen (secondary N) is 1. The molecule has 0 saturated heterocycles. The van der Waals surface area contributed by atoms with Crippen molar-refractivity contribution in [3.8, 4) is 0 Å². The van der Waals surface area contributed by atoms with Gasteiger partial charge in [0.1, 0.15) is 0 Å². The maximum atomic E-state index is 12.2. The van der Waals surface area contributed by atoms with Gasteiger partial charge in [-0.2, -0.15) is 0 Å². The van der Waals surface area contributed by atoms with Crippen molar-refractivity contribution in [2.75, 3.05) is 6.61 Å². The SMILES string of the molecule is CCC(CCO)NC(=O)CCC(=O)c1ccc2c(c1)CCC2. The van der Waals surface area contributed by atoms with Gasteiger partial charge in [0.2, 0.25) is 5.91 Å². The van der Waals surface area contributed by atoms with Crippen molar-refractivity contribution in [1.82, 2.24) is 5.32 Å². The number of Topliss-reactive ketones (excluding diaryl/α,β-unsaturated/α-hetero) is 1. The number of aryl methyl sites for hydroxylation is 2. The van der Waals surface area contributed by atoms with Crippen LogP contribution in [0.15, 0.2) is 18.2 Å². The fourth-order valence-corrected chi connectivity index (χ4v) is 2.95. The van der Waals surface area contributed by atoms with E-state index in [1.807, 2.05) is 25.1 Å². The van der Waals surface area contributed by atoms with Crippen LogP contribution in [0.25, 0.3) is 0 Å². The summed E-state index contributed by atoms with van der Waals surface area (Å²) >= 11 is 0. The molecule has 2 rings (SSSR count). The Kier molecular flexibility index (Phi) is 6.13. The highest BCUT2D eigenvalue weighted by Crippen LogP contribution is 2.23. The molecule has 4 nitrogen and oxygen atoms in total. The van der Waals surface area contributed by atoms with Crippen LogP contribution in [0.3, 0.4) is 0 Å². The third kappa shape index (κ3) is 4.41. The van der Waals surface area contributed by atoms with Gasteiger partial charge in [-0.15, -0.1) is 0 Å². The fraction of sp³-hybridized carbons (Fsp3) is 0.556. The van der Waals surface area contributed by atoms with Crippen LogP contribution in [-0.4, -0.2) is 29.4 Å². The minimum Gasteiger partial charge on any atom is -0.396 e. The predicted octanol–water partition coefficient (Wildman–Crippen LogP) is 2.42. The maximum absolute atomic E-state index is 12.2. The van der Waals surface area contributed by atoms with E-state index < -0.39 is 0 Å². The number of rotatable bonds is 8. The Morgan fingerprint density at radius 1 is 1.23 bits per heavy atom. The summed E-state index contributed by atoms with van der Waals surface area (Å²) in [6, 6.07) is 5.91. The minimum absolute atomic E-state index is 0.00686. The quantitative estimate of drug-likeness (QED) is 0.725. The van der Waals surface area contributed by atoms with Crippen molar-refractivity contribution < 1.29 is 14.7 Å². The second-order valence-electron chi connectivity index (χ2n) is 5.95. The van der Waals surface area contributed by atoms with Crippen molar-refractivity contribution in [3.63, 3.8) is 0 Å². The van der Waals surface area contributed by atoms with Crippen molar-refractivity contribution in [1.29, 1.82) is 0 Å². The molecule has 1 aliphatic rings. The number of aliphatic hydroxyl groups is 1. The maximum Gasteiger partial charge on any atom is 0.220 e. The number of amides is 1. The van der Waals surface area contributed by atoms with Gasteiger partial charge in [0.05, 0.1) is 0 Å². The Labute approximate surface area is 131 Å². The van der Waals surface area contributed by atoms with Gasteiger partial charge in [-0.05, 0) is 49.3 Å². The van der Waals surface area contributed by atoms with Gasteiger partial charge in [0.25, 0.3) is 0 Å². The number of hydrogen-bond donors (Lipinski definition) is 2. The second-order valence-corrected chi connectivity index (χ2v) is 5.95. The number of fused-ring (bicyclic) bond motifs is 1. The monoisotopic (exact) mass is 303 g/mol. The first-order chi connectivity index (χ1) is 10.6. The minimum atomic E-state index is -0.116. The summed E-state index contributed by atoms with van der Waals surface area (Å²) in [5.41, 5.74) is 3.35. The highest BCUT2D eigenvalue weighted by atomic mass is 16.3. The van der Waals surface area contributed by atoms with Crippen LogP contribution in [0.1, 0.15) is 60.5 Å². The Morgan fingerprint density at radius 3 is 2.73 bits per heavy atom. The molecule has 1 amide bonds. The lowest BCUT2D eigenvalue weighted by molar-refractivity contribution is -0.121. The molecule has 2 N–H and O–H groups in total. The fourth-order valence-electron chi connectivity index (χ4n) is 2.95. The van der Waals surface area contributed by atoms with Crippen LogP contribution < -0.4 is 5.32 Å². The first-order valence-corrected chi connectivity index (χ1v) is 8.19. The molecule has 1 aromatic rings. The molecule has 0 saturated carbocycles. The molecule has 22 heavy (non-hydrogen) atoms. The largest absolute Gasteiger partial charge is 0.396 e. The first kappa shape index (κ1) is 16.7. The summed E-state index contributed by atoms with van der Waals surface area (Å²) in [6.45, 7) is 2.03. The molecule has 0 fully saturated rings. The predicted molar refractivity (Wildman–Crippen MR) is 86.0 cm³/mol. The Morgan fingerprint density at radius 2 is 2.00 bits per heavy atom. The van der Waals surface area contributed by atoms with Crippen LogP contribution >= 0.6 is 0 Å². The topological polar surface area (TPSA) is 66.4 Å². The molecular formula is C18H25NO3. The molecule has 0 heterocycles. The van der Waals surface area contributed by atoms with E-state index in [0.29, 0.717) is 6.42 Å². The van der Waals surface area contributed by atoms with Crippen LogP contribution in [-0.2, 0) is 17.6 Å². The van der Waals surface area contributed by atoms with E-state index >= 15 is 0 Å². The molecule has 1 unspecified atom stereocenters. The molecular weight excluding hydrogens is 278 g/mol. The van der Waals surface area contributed by atoms with E-state index in [2.05, 4.69) is 5.32 Å². The molecule has 0 aliphatic heterocycles. The number of hydrogen-bond acceptors (Lipinski definition) is 3. The number of ketones is 1. The highest BCUT2D eigenvalue weighted by Gasteiger charge is 2.16. The van der Waals surface area contributed by atoms with Crippen LogP contribution in [0.4, 0.5) is 0 Å². The summed E-state index contributed by atoms with van der Waals surface area (Å²) in [5.74, 6) is -0.0881. The van der Waals surface area contributed by atoms with Crippen LogP contribution in [0.2, 0.25) is 0 Å². The van der Waals surface area contributed by atoms with E-state index in [9.17, 15) is 9.59 Å². The van der Waals surface area contributed by atoms with Gasteiger partial charge in [-0.3, -0.25) is 9.59 Å². The summed E-state index contributed by atoms with van der Waals surface area (Å²) in [7, 11) is 0. The molecule has 4 heteroatoms. The molecule has 0 aromatic heterocycles. The Balaban J connectivity index is 1.83. The average Bonchev–Trinajstić information content (AvgIpc) is 2.99. The lowest BCUT2D eigenvalue weighted by atomic mass is 10.0. The van der Waals surface area contributed by atoms with Crippen LogP contribution in [0.5, 0.6) is 0 Å². The van der Waals surface area contributed by atoms with E-state index in [0.717, 1.165) is 24.8 Å². The molecule has 0 bridgehead atoms. The Hall–Kier alpha value is -1.68. The van der Waals surface area contributed by atoms with E-state index in [4.69, 9.17) is 5.11 Å². The number of benzene rings is 1. The molecule has 1 atom stereocenters. The van der Waals surface area contributed by atoms with Gasteiger partial charge in [0, 0.05) is 31.1 Å². The van der Waals surface area contributed by atoms with Gasteiger partial charge >= 0.3 is 0 Å². The number of carbonyl (C=O) groups excluding carboxylic acids is 2.